The number of piperazine rings is 1. The number of aromatic nitrogens is 2. The Morgan fingerprint density at radius 2 is 1.40 bits per heavy atom. The lowest BCUT2D eigenvalue weighted by Gasteiger charge is -2.35. The van der Waals surface area contributed by atoms with Crippen molar-refractivity contribution in [2.75, 3.05) is 49.1 Å². The van der Waals surface area contributed by atoms with E-state index in [1.165, 1.54) is 41.4 Å². The van der Waals surface area contributed by atoms with Crippen molar-refractivity contribution in [2.45, 2.75) is 24.7 Å². The Bertz CT molecular complexity index is 1000. The molecule has 0 unspecified atom stereocenters. The molecule has 0 aliphatic carbocycles. The third kappa shape index (κ3) is 4.25. The van der Waals surface area contributed by atoms with Crippen LogP contribution >= 0.6 is 0 Å². The van der Waals surface area contributed by atoms with Crippen LogP contribution in [0, 0.1) is 17.2 Å². The van der Waals surface area contributed by atoms with Gasteiger partial charge in [0.15, 0.2) is 11.6 Å². The summed E-state index contributed by atoms with van der Waals surface area (Å²) in [6.45, 7) is 6.20. The van der Waals surface area contributed by atoms with Crippen LogP contribution < -0.4 is 9.80 Å². The maximum atomic E-state index is 12.9. The molecule has 1 aromatic carbocycles. The highest BCUT2D eigenvalue weighted by molar-refractivity contribution is 7.89. The van der Waals surface area contributed by atoms with Gasteiger partial charge in [-0.1, -0.05) is 6.92 Å². The van der Waals surface area contributed by atoms with Crippen molar-refractivity contribution < 1.29 is 8.42 Å². The second-order valence-electron chi connectivity index (χ2n) is 7.95. The second kappa shape index (κ2) is 8.58. The van der Waals surface area contributed by atoms with Gasteiger partial charge in [-0.3, -0.25) is 0 Å². The molecule has 2 fully saturated rings. The Morgan fingerprint density at radius 3 is 1.90 bits per heavy atom. The number of hydrogen-bond acceptors (Lipinski definition) is 7. The summed E-state index contributed by atoms with van der Waals surface area (Å²) in [5.74, 6) is 2.46. The van der Waals surface area contributed by atoms with Crippen molar-refractivity contribution in [2.24, 2.45) is 5.92 Å². The Labute approximate surface area is 177 Å². The van der Waals surface area contributed by atoms with Crippen LogP contribution in [0.2, 0.25) is 0 Å². The van der Waals surface area contributed by atoms with Gasteiger partial charge in [-0.25, -0.2) is 8.42 Å². The summed E-state index contributed by atoms with van der Waals surface area (Å²) in [7, 11) is -3.56. The molecule has 0 spiro atoms. The molecule has 4 rings (SSSR count). The van der Waals surface area contributed by atoms with Gasteiger partial charge in [0.2, 0.25) is 10.0 Å². The normalized spacial score (nSPS) is 18.9. The molecule has 2 aromatic rings. The maximum absolute atomic E-state index is 12.9. The van der Waals surface area contributed by atoms with Gasteiger partial charge in [0.1, 0.15) is 0 Å². The number of anilines is 2. The number of rotatable bonds is 4. The van der Waals surface area contributed by atoms with E-state index in [0.717, 1.165) is 30.6 Å². The first-order valence-corrected chi connectivity index (χ1v) is 11.8. The van der Waals surface area contributed by atoms with Gasteiger partial charge < -0.3 is 9.80 Å². The first-order chi connectivity index (χ1) is 14.5. The molecule has 0 atom stereocenters. The molecule has 30 heavy (non-hydrogen) atoms. The van der Waals surface area contributed by atoms with Crippen molar-refractivity contribution in [1.82, 2.24) is 14.5 Å². The zero-order chi connectivity index (χ0) is 21.1. The fourth-order valence-electron chi connectivity index (χ4n) is 3.90. The molecule has 8 nitrogen and oxygen atoms in total. The van der Waals surface area contributed by atoms with E-state index in [9.17, 15) is 8.42 Å². The molecule has 0 radical (unpaired) electrons. The Morgan fingerprint density at radius 1 is 0.867 bits per heavy atom. The third-order valence-corrected chi connectivity index (χ3v) is 7.84. The SMILES string of the molecule is CC1CCN(c2ccc(N3CCN(S(=O)(=O)c4ccc(C#N)cc4)CC3)nn2)CC1. The number of sulfonamides is 1. The Balaban J connectivity index is 1.37. The van der Waals surface area contributed by atoms with Crippen molar-refractivity contribution in [3.05, 3.63) is 42.0 Å². The molecule has 0 N–H and O–H groups in total. The molecule has 0 amide bonds. The van der Waals surface area contributed by atoms with E-state index in [1.54, 1.807) is 0 Å². The van der Waals surface area contributed by atoms with E-state index in [-0.39, 0.29) is 4.90 Å². The summed E-state index contributed by atoms with van der Waals surface area (Å²) in [5, 5.41) is 17.7. The van der Waals surface area contributed by atoms with Crippen LogP contribution in [0.3, 0.4) is 0 Å². The van der Waals surface area contributed by atoms with E-state index in [1.807, 2.05) is 18.2 Å². The fraction of sp³-hybridized carbons (Fsp3) is 0.476. The summed E-state index contributed by atoms with van der Waals surface area (Å²) in [5.41, 5.74) is 0.444. The number of hydrogen-bond donors (Lipinski definition) is 0. The molecule has 158 valence electrons. The number of benzene rings is 1. The summed E-state index contributed by atoms with van der Waals surface area (Å²) < 4.78 is 27.2. The van der Waals surface area contributed by atoms with E-state index in [4.69, 9.17) is 5.26 Å². The zero-order valence-electron chi connectivity index (χ0n) is 17.1. The van der Waals surface area contributed by atoms with Crippen molar-refractivity contribution in [3.8, 4) is 6.07 Å². The highest BCUT2D eigenvalue weighted by Crippen LogP contribution is 2.23. The van der Waals surface area contributed by atoms with Crippen LogP contribution in [0.25, 0.3) is 0 Å². The van der Waals surface area contributed by atoms with Crippen LogP contribution in [0.1, 0.15) is 25.3 Å². The molecule has 2 saturated heterocycles. The highest BCUT2D eigenvalue weighted by atomic mass is 32.2. The number of nitrogens with zero attached hydrogens (tertiary/aromatic N) is 6. The monoisotopic (exact) mass is 426 g/mol. The smallest absolute Gasteiger partial charge is 0.243 e. The summed E-state index contributed by atoms with van der Waals surface area (Å²) in [4.78, 5) is 4.56. The Kier molecular flexibility index (Phi) is 5.88. The number of nitriles is 1. The second-order valence-corrected chi connectivity index (χ2v) is 9.88. The van der Waals surface area contributed by atoms with Gasteiger partial charge in [-0.2, -0.15) is 9.57 Å². The van der Waals surface area contributed by atoms with Crippen molar-refractivity contribution in [3.63, 3.8) is 0 Å². The fourth-order valence-corrected chi connectivity index (χ4v) is 5.32. The molecule has 2 aliphatic heterocycles. The van der Waals surface area contributed by atoms with E-state index < -0.39 is 10.0 Å². The van der Waals surface area contributed by atoms with Crippen molar-refractivity contribution >= 4 is 21.7 Å². The first-order valence-electron chi connectivity index (χ1n) is 10.3. The van der Waals surface area contributed by atoms with Crippen molar-refractivity contribution in [1.29, 1.82) is 5.26 Å². The largest absolute Gasteiger partial charge is 0.355 e. The van der Waals surface area contributed by atoms with Crippen LogP contribution in [0.15, 0.2) is 41.3 Å². The van der Waals surface area contributed by atoms with E-state index in [0.29, 0.717) is 31.7 Å². The van der Waals surface area contributed by atoms with E-state index in [2.05, 4.69) is 26.9 Å². The predicted octanol–water partition coefficient (Wildman–Crippen LogP) is 2.10. The molecule has 0 bridgehead atoms. The average Bonchev–Trinajstić information content (AvgIpc) is 2.80. The molecule has 9 heteroatoms. The van der Waals surface area contributed by atoms with Gasteiger partial charge in [-0.15, -0.1) is 10.2 Å². The standard InChI is InChI=1S/C21H26N6O2S/c1-17-8-10-25(11-9-17)20-6-7-21(24-23-20)26-12-14-27(15-13-26)30(28,29)19-4-2-18(16-22)3-5-19/h2-7,17H,8-15H2,1H3. The molecular formula is C21H26N6O2S. The minimum Gasteiger partial charge on any atom is -0.355 e. The number of piperidine rings is 1. The lowest BCUT2D eigenvalue weighted by Crippen LogP contribution is -2.49. The summed E-state index contributed by atoms with van der Waals surface area (Å²) >= 11 is 0. The summed E-state index contributed by atoms with van der Waals surface area (Å²) in [6.07, 6.45) is 2.36. The molecular weight excluding hydrogens is 400 g/mol. The minimum absolute atomic E-state index is 0.218. The average molecular weight is 427 g/mol. The van der Waals surface area contributed by atoms with Crippen LogP contribution in [0.4, 0.5) is 11.6 Å². The highest BCUT2D eigenvalue weighted by Gasteiger charge is 2.29. The van der Waals surface area contributed by atoms with Gasteiger partial charge >= 0.3 is 0 Å². The van der Waals surface area contributed by atoms with E-state index >= 15 is 0 Å². The molecule has 3 heterocycles. The van der Waals surface area contributed by atoms with Crippen LogP contribution in [-0.4, -0.2) is 62.2 Å². The van der Waals surface area contributed by atoms with Gasteiger partial charge in [0, 0.05) is 39.3 Å². The van der Waals surface area contributed by atoms with Crippen LogP contribution in [0.5, 0.6) is 0 Å². The van der Waals surface area contributed by atoms with Crippen LogP contribution in [-0.2, 0) is 10.0 Å². The third-order valence-electron chi connectivity index (χ3n) is 5.93. The van der Waals surface area contributed by atoms with Gasteiger partial charge in [0.05, 0.1) is 16.5 Å². The predicted molar refractivity (Wildman–Crippen MR) is 115 cm³/mol. The van der Waals surface area contributed by atoms with Gasteiger partial charge in [0.25, 0.3) is 0 Å². The zero-order valence-corrected chi connectivity index (χ0v) is 17.9. The first kappa shape index (κ1) is 20.6. The van der Waals surface area contributed by atoms with Gasteiger partial charge in [-0.05, 0) is 55.2 Å². The summed E-state index contributed by atoms with van der Waals surface area (Å²) in [6, 6.07) is 12.0. The minimum atomic E-state index is -3.56. The lowest BCUT2D eigenvalue weighted by molar-refractivity contribution is 0.383. The topological polar surface area (TPSA) is 93.4 Å². The molecule has 2 aliphatic rings. The molecule has 1 aromatic heterocycles. The molecule has 0 saturated carbocycles. The lowest BCUT2D eigenvalue weighted by atomic mass is 9.99. The maximum Gasteiger partial charge on any atom is 0.243 e. The Hall–Kier alpha value is -2.70. The quantitative estimate of drug-likeness (QED) is 0.739.